The summed E-state index contributed by atoms with van der Waals surface area (Å²) in [7, 11) is 0. The number of ether oxygens (including phenoxy) is 2. The lowest BCUT2D eigenvalue weighted by Crippen LogP contribution is -2.37. The van der Waals surface area contributed by atoms with Crippen LogP contribution in [0.25, 0.3) is 0 Å². The quantitative estimate of drug-likeness (QED) is 0.145. The highest BCUT2D eigenvalue weighted by atomic mass is 79.9. The van der Waals surface area contributed by atoms with Crippen molar-refractivity contribution in [3.05, 3.63) is 86.3 Å². The summed E-state index contributed by atoms with van der Waals surface area (Å²) in [6.07, 6.45) is 1.56. The van der Waals surface area contributed by atoms with Crippen molar-refractivity contribution >= 4 is 57.3 Å². The number of morpholine rings is 1. The van der Waals surface area contributed by atoms with Gasteiger partial charge in [-0.15, -0.1) is 0 Å². The van der Waals surface area contributed by atoms with Gasteiger partial charge in [0.1, 0.15) is 6.61 Å². The lowest BCUT2D eigenvalue weighted by Gasteiger charge is -2.27. The molecule has 2 heterocycles. The summed E-state index contributed by atoms with van der Waals surface area (Å²) >= 11 is 9.88. The molecule has 0 saturated carbocycles. The van der Waals surface area contributed by atoms with Crippen molar-refractivity contribution < 1.29 is 14.6 Å². The normalized spacial score (nSPS) is 13.4. The topological polar surface area (TPSA) is 117 Å². The molecule has 3 aromatic carbocycles. The average Bonchev–Trinajstić information content (AvgIpc) is 2.95. The lowest BCUT2D eigenvalue weighted by atomic mass is 10.1. The predicted octanol–water partition coefficient (Wildman–Crippen LogP) is 6.22. The van der Waals surface area contributed by atoms with Gasteiger partial charge in [-0.2, -0.15) is 20.1 Å². The molecule has 212 valence electrons. The van der Waals surface area contributed by atoms with E-state index in [0.717, 1.165) is 26.9 Å². The van der Waals surface area contributed by atoms with Gasteiger partial charge in [0, 0.05) is 28.1 Å². The second-order valence-corrected chi connectivity index (χ2v) is 10.7. The number of nitrogens with one attached hydrogen (secondary N) is 2. The Kier molecular flexibility index (Phi) is 9.17. The Bertz CT molecular complexity index is 1560. The Hall–Kier alpha value is -3.93. The molecule has 1 aromatic heterocycles. The molecule has 5 rings (SSSR count). The van der Waals surface area contributed by atoms with Crippen LogP contribution in [0.15, 0.2) is 64.2 Å². The minimum Gasteiger partial charge on any atom is -0.504 e. The van der Waals surface area contributed by atoms with Crippen LogP contribution >= 0.6 is 27.5 Å². The number of aromatic hydroxyl groups is 1. The lowest BCUT2D eigenvalue weighted by molar-refractivity contribution is 0.122. The van der Waals surface area contributed by atoms with Gasteiger partial charge in [-0.3, -0.25) is 0 Å². The molecule has 1 aliphatic rings. The second-order valence-electron chi connectivity index (χ2n) is 9.47. The van der Waals surface area contributed by atoms with Crippen molar-refractivity contribution in [2.24, 2.45) is 5.10 Å². The number of aryl methyl sites for hydroxylation is 2. The molecule has 0 amide bonds. The first-order chi connectivity index (χ1) is 19.8. The first kappa shape index (κ1) is 28.6. The highest BCUT2D eigenvalue weighted by molar-refractivity contribution is 9.10. The van der Waals surface area contributed by atoms with Crippen molar-refractivity contribution in [1.29, 1.82) is 0 Å². The van der Waals surface area contributed by atoms with Crippen LogP contribution in [0, 0.1) is 13.8 Å². The van der Waals surface area contributed by atoms with Gasteiger partial charge in [0.05, 0.1) is 25.1 Å². The van der Waals surface area contributed by atoms with Gasteiger partial charge in [-0.1, -0.05) is 29.8 Å². The van der Waals surface area contributed by atoms with Crippen LogP contribution in [0.2, 0.25) is 5.02 Å². The maximum atomic E-state index is 10.5. The van der Waals surface area contributed by atoms with E-state index in [1.807, 2.05) is 55.1 Å². The Morgan fingerprint density at radius 1 is 1.02 bits per heavy atom. The summed E-state index contributed by atoms with van der Waals surface area (Å²) in [4.78, 5) is 15.7. The first-order valence-electron chi connectivity index (χ1n) is 13.0. The maximum absolute atomic E-state index is 10.5. The van der Waals surface area contributed by atoms with Crippen molar-refractivity contribution in [3.8, 4) is 11.5 Å². The zero-order valence-corrected chi connectivity index (χ0v) is 24.9. The smallest absolute Gasteiger partial charge is 0.250 e. The zero-order chi connectivity index (χ0) is 28.8. The Balaban J connectivity index is 1.29. The number of benzene rings is 3. The van der Waals surface area contributed by atoms with Crippen molar-refractivity contribution in [2.75, 3.05) is 41.9 Å². The minimum atomic E-state index is -0.0119. The van der Waals surface area contributed by atoms with E-state index in [2.05, 4.69) is 46.7 Å². The summed E-state index contributed by atoms with van der Waals surface area (Å²) in [6.45, 7) is 6.77. The molecule has 1 saturated heterocycles. The second kappa shape index (κ2) is 13.2. The maximum Gasteiger partial charge on any atom is 0.250 e. The van der Waals surface area contributed by atoms with Crippen LogP contribution in [-0.4, -0.2) is 52.6 Å². The molecule has 0 atom stereocenters. The summed E-state index contributed by atoms with van der Waals surface area (Å²) in [5.41, 5.74) is 7.40. The van der Waals surface area contributed by atoms with Gasteiger partial charge in [0.2, 0.25) is 17.8 Å². The molecule has 0 unspecified atom stereocenters. The highest BCUT2D eigenvalue weighted by Crippen LogP contribution is 2.29. The third-order valence-corrected chi connectivity index (χ3v) is 7.25. The number of halogens is 2. The summed E-state index contributed by atoms with van der Waals surface area (Å²) in [6, 6.07) is 16.8. The van der Waals surface area contributed by atoms with Crippen molar-refractivity contribution in [1.82, 2.24) is 15.0 Å². The largest absolute Gasteiger partial charge is 0.504 e. The van der Waals surface area contributed by atoms with E-state index in [1.54, 1.807) is 24.4 Å². The van der Waals surface area contributed by atoms with Gasteiger partial charge < -0.3 is 24.8 Å². The van der Waals surface area contributed by atoms with Crippen LogP contribution in [0.5, 0.6) is 11.5 Å². The number of phenolic OH excluding ortho intramolecular Hbond substituents is 1. The third-order valence-electron chi connectivity index (χ3n) is 6.24. The van der Waals surface area contributed by atoms with Gasteiger partial charge in [0.25, 0.3) is 0 Å². The van der Waals surface area contributed by atoms with E-state index in [1.165, 1.54) is 0 Å². The predicted molar refractivity (Wildman–Crippen MR) is 165 cm³/mol. The number of hydrazone groups is 1. The van der Waals surface area contributed by atoms with E-state index in [9.17, 15) is 5.11 Å². The molecule has 41 heavy (non-hydrogen) atoms. The molecular formula is C29H29BrClN7O3. The Labute approximate surface area is 251 Å². The van der Waals surface area contributed by atoms with Crippen LogP contribution in [-0.2, 0) is 11.3 Å². The van der Waals surface area contributed by atoms with Crippen LogP contribution in [0.1, 0.15) is 22.3 Å². The fraction of sp³-hybridized carbons (Fsp3) is 0.241. The van der Waals surface area contributed by atoms with Gasteiger partial charge in [0.15, 0.2) is 11.5 Å². The number of anilines is 4. The molecule has 0 radical (unpaired) electrons. The first-order valence-corrected chi connectivity index (χ1v) is 14.1. The molecule has 0 aliphatic carbocycles. The number of hydrogen-bond donors (Lipinski definition) is 3. The standard InChI is InChI=1S/C29H29BrClN7O3/c1-18-4-7-24(22(30)13-18)33-27-34-28(36-29(35-27)38-9-11-40-12-10-38)37-32-16-20-5-8-26(25(39)15-20)41-17-21-6-3-19(2)14-23(21)31/h3-8,13-16,39H,9-12,17H2,1-2H3,(H2,33,34,35,36,37)/b32-16+. The molecule has 1 aliphatic heterocycles. The van der Waals surface area contributed by atoms with E-state index in [4.69, 9.17) is 21.1 Å². The number of hydrogen-bond acceptors (Lipinski definition) is 10. The van der Waals surface area contributed by atoms with Crippen LogP contribution in [0.4, 0.5) is 23.5 Å². The van der Waals surface area contributed by atoms with Crippen LogP contribution in [0.3, 0.4) is 0 Å². The Morgan fingerprint density at radius 2 is 1.78 bits per heavy atom. The SMILES string of the molecule is Cc1ccc(COc2ccc(/C=N/Nc3nc(Nc4ccc(C)cc4Br)nc(N4CCOCC4)n3)cc2O)c(Cl)c1. The fourth-order valence-electron chi connectivity index (χ4n) is 4.04. The molecule has 12 heteroatoms. The number of nitrogens with zero attached hydrogens (tertiary/aromatic N) is 5. The average molecular weight is 639 g/mol. The molecule has 3 N–H and O–H groups in total. The molecule has 0 bridgehead atoms. The van der Waals surface area contributed by atoms with Crippen LogP contribution < -0.4 is 20.4 Å². The highest BCUT2D eigenvalue weighted by Gasteiger charge is 2.17. The van der Waals surface area contributed by atoms with E-state index in [-0.39, 0.29) is 18.3 Å². The van der Waals surface area contributed by atoms with E-state index in [0.29, 0.717) is 54.5 Å². The molecular weight excluding hydrogens is 610 g/mol. The van der Waals surface area contributed by atoms with Gasteiger partial charge >= 0.3 is 0 Å². The number of phenols is 1. The minimum absolute atomic E-state index is 0.0119. The fourth-order valence-corrected chi connectivity index (χ4v) is 4.93. The monoisotopic (exact) mass is 637 g/mol. The molecule has 10 nitrogen and oxygen atoms in total. The summed E-state index contributed by atoms with van der Waals surface area (Å²) < 4.78 is 12.1. The van der Waals surface area contributed by atoms with E-state index >= 15 is 0 Å². The molecule has 0 spiro atoms. The molecule has 1 fully saturated rings. The number of rotatable bonds is 9. The molecule has 4 aromatic rings. The van der Waals surface area contributed by atoms with Gasteiger partial charge in [-0.05, 0) is 82.9 Å². The number of aromatic nitrogens is 3. The van der Waals surface area contributed by atoms with Gasteiger partial charge in [-0.25, -0.2) is 5.43 Å². The Morgan fingerprint density at radius 3 is 2.54 bits per heavy atom. The summed E-state index contributed by atoms with van der Waals surface area (Å²) in [5.74, 6) is 1.48. The van der Waals surface area contributed by atoms with Crippen molar-refractivity contribution in [2.45, 2.75) is 20.5 Å². The summed E-state index contributed by atoms with van der Waals surface area (Å²) in [5, 5.41) is 18.7. The van der Waals surface area contributed by atoms with E-state index < -0.39 is 0 Å². The zero-order valence-electron chi connectivity index (χ0n) is 22.6. The third kappa shape index (κ3) is 7.63. The van der Waals surface area contributed by atoms with Crippen molar-refractivity contribution in [3.63, 3.8) is 0 Å².